The van der Waals surface area contributed by atoms with Crippen LogP contribution < -0.4 is 20.7 Å². The molecule has 0 aromatic heterocycles. The van der Waals surface area contributed by atoms with Crippen molar-refractivity contribution in [1.29, 1.82) is 0 Å². The molecule has 0 spiro atoms. The monoisotopic (exact) mass is 628 g/mol. The molecule has 0 aromatic carbocycles. The van der Waals surface area contributed by atoms with E-state index < -0.39 is 78.5 Å². The van der Waals surface area contributed by atoms with Crippen LogP contribution in [0.3, 0.4) is 0 Å². The van der Waals surface area contributed by atoms with Gasteiger partial charge in [0.1, 0.15) is 0 Å². The van der Waals surface area contributed by atoms with E-state index in [4.69, 9.17) is 39.6 Å². The Morgan fingerprint density at radius 2 is 0.438 bits per heavy atom. The molecule has 16 heavy (non-hydrogen) atoms. The van der Waals surface area contributed by atoms with Crippen molar-refractivity contribution >= 4 is 78.5 Å². The summed E-state index contributed by atoms with van der Waals surface area (Å²) in [5.74, 6) is 0. The second kappa shape index (κ2) is 94.3. The van der Waals surface area contributed by atoms with Crippen LogP contribution in [0.1, 0.15) is 0 Å². The maximum absolute atomic E-state index is 8.53. The third-order valence-corrected chi connectivity index (χ3v) is 0. The van der Waals surface area contributed by atoms with E-state index in [0.29, 0.717) is 0 Å². The van der Waals surface area contributed by atoms with Gasteiger partial charge in [-0.25, -0.2) is 0 Å². The molecule has 90 valence electrons. The molecule has 0 bridgehead atoms. The normalized spacial score (nSPS) is 3.75. The van der Waals surface area contributed by atoms with E-state index >= 15 is 0 Å². The standard InChI is InChI=1S/5GeHO2.Nb/c5*2-1-3;/h5*1H;/q5*-1;+5. The molecule has 0 unspecified atom stereocenters. The van der Waals surface area contributed by atoms with E-state index in [1.165, 1.54) is 0 Å². The summed E-state index contributed by atoms with van der Waals surface area (Å²) >= 11 is -10.9. The zero-order valence-electron chi connectivity index (χ0n) is 7.42. The van der Waals surface area contributed by atoms with Gasteiger partial charge in [0.25, 0.3) is 0 Å². The fourth-order valence-corrected chi connectivity index (χ4v) is 0. The average Bonchev–Trinajstić information content (AvgIpc) is 2.09. The van der Waals surface area contributed by atoms with E-state index in [1.54, 1.807) is 0 Å². The minimum atomic E-state index is -2.19. The van der Waals surface area contributed by atoms with Gasteiger partial charge in [0.2, 0.25) is 0 Å². The van der Waals surface area contributed by atoms with Gasteiger partial charge in [0.15, 0.2) is 0 Å². The summed E-state index contributed by atoms with van der Waals surface area (Å²) in [5, 5.41) is 0. The summed E-state index contributed by atoms with van der Waals surface area (Å²) in [6, 6.07) is 0. The molecule has 0 heterocycles. The number of hydrogen-bond donors (Lipinski definition) is 0. The summed E-state index contributed by atoms with van der Waals surface area (Å²) in [4.78, 5) is 0. The molecule has 0 fully saturated rings. The third-order valence-electron chi connectivity index (χ3n) is 0. The van der Waals surface area contributed by atoms with Crippen molar-refractivity contribution in [2.45, 2.75) is 0 Å². The fraction of sp³-hybridized carbons (Fsp3) is 0. The van der Waals surface area contributed by atoms with Crippen molar-refractivity contribution in [3.05, 3.63) is 0 Å². The Bertz CT molecular complexity index is 91.5. The SMILES string of the molecule is [Nb+5].[O]=[GeH][O-].[O]=[GeH][O-].[O]=[GeH][O-].[O]=[GeH][O-].[O]=[GeH][O-]. The van der Waals surface area contributed by atoms with Crippen LogP contribution in [0.2, 0.25) is 0 Å². The van der Waals surface area contributed by atoms with Crippen molar-refractivity contribution in [3.8, 4) is 0 Å². The van der Waals surface area contributed by atoms with Gasteiger partial charge in [0.05, 0.1) is 0 Å². The Morgan fingerprint density at radius 1 is 0.438 bits per heavy atom. The third kappa shape index (κ3) is 1530. The molecule has 16 heteroatoms. The van der Waals surface area contributed by atoms with Gasteiger partial charge in [-0.3, -0.25) is 0 Å². The second-order valence-electron chi connectivity index (χ2n) is 0.481. The van der Waals surface area contributed by atoms with E-state index in [-0.39, 0.29) is 22.4 Å². The fourth-order valence-electron chi connectivity index (χ4n) is 0. The first-order chi connectivity index (χ1) is 7.07. The van der Waals surface area contributed by atoms with Gasteiger partial charge < -0.3 is 0 Å². The van der Waals surface area contributed by atoms with Crippen LogP contribution >= 0.6 is 0 Å². The van der Waals surface area contributed by atoms with Crippen LogP contribution in [-0.2, 0) is 41.3 Å². The van der Waals surface area contributed by atoms with Crippen LogP contribution in [-0.4, -0.2) is 78.5 Å². The van der Waals surface area contributed by atoms with E-state index in [9.17, 15) is 0 Å². The van der Waals surface area contributed by atoms with Gasteiger partial charge in [-0.2, -0.15) is 0 Å². The van der Waals surface area contributed by atoms with Crippen LogP contribution in [0.4, 0.5) is 0 Å². The Kier molecular flexibility index (Phi) is 212. The molecular weight excluding hydrogens is 616 g/mol. The van der Waals surface area contributed by atoms with Crippen LogP contribution in [0.5, 0.6) is 0 Å². The summed E-state index contributed by atoms with van der Waals surface area (Å²) in [5.41, 5.74) is 0. The van der Waals surface area contributed by atoms with Gasteiger partial charge >= 0.3 is 140 Å². The first kappa shape index (κ1) is 36.0. The summed E-state index contributed by atoms with van der Waals surface area (Å²) < 4.78 is 85.3. The van der Waals surface area contributed by atoms with Gasteiger partial charge in [-0.15, -0.1) is 0 Å². The van der Waals surface area contributed by atoms with Crippen LogP contribution in [0, 0.1) is 0 Å². The average molecular weight is 621 g/mol. The molecule has 10 nitrogen and oxygen atoms in total. The Balaban J connectivity index is -0.0000000192. The van der Waals surface area contributed by atoms with Crippen LogP contribution in [0.25, 0.3) is 0 Å². The second-order valence-corrected chi connectivity index (χ2v) is 2.50. The first-order valence-electron chi connectivity index (χ1n) is 2.36. The van der Waals surface area contributed by atoms with Crippen molar-refractivity contribution < 1.29 is 61.9 Å². The van der Waals surface area contributed by atoms with E-state index in [0.717, 1.165) is 0 Å². The number of hydrogen-bond acceptors (Lipinski definition) is 10. The first-order valence-corrected chi connectivity index (χ1v) is 12.2. The Hall–Kier alpha value is 1.45. The van der Waals surface area contributed by atoms with Crippen molar-refractivity contribution in [1.82, 2.24) is 0 Å². The zero-order valence-corrected chi connectivity index (χ0v) is 21.7. The minimum absolute atomic E-state index is 0. The molecule has 0 saturated carbocycles. The van der Waals surface area contributed by atoms with Gasteiger partial charge in [0, 0.05) is 0 Å². The predicted molar refractivity (Wildman–Crippen MR) is 39.2 cm³/mol. The van der Waals surface area contributed by atoms with E-state index in [1.807, 2.05) is 0 Å². The molecule has 0 saturated heterocycles. The molecule has 0 radical (unpaired) electrons. The van der Waals surface area contributed by atoms with E-state index in [2.05, 4.69) is 0 Å². The Morgan fingerprint density at radius 3 is 0.438 bits per heavy atom. The molecule has 0 rings (SSSR count). The van der Waals surface area contributed by atoms with Crippen molar-refractivity contribution in [3.63, 3.8) is 0 Å². The molecule has 0 N–H and O–H groups in total. The molecular formula is H5Ge5NbO10. The summed E-state index contributed by atoms with van der Waals surface area (Å²) in [6.45, 7) is 0. The predicted octanol–water partition coefficient (Wildman–Crippen LogP) is -9.78. The van der Waals surface area contributed by atoms with Gasteiger partial charge in [-0.05, 0) is 0 Å². The maximum atomic E-state index is 8.53. The quantitative estimate of drug-likeness (QED) is 0.234. The van der Waals surface area contributed by atoms with Crippen molar-refractivity contribution in [2.75, 3.05) is 0 Å². The zero-order chi connectivity index (χ0) is 13.5. The van der Waals surface area contributed by atoms with Crippen molar-refractivity contribution in [2.24, 2.45) is 0 Å². The summed E-state index contributed by atoms with van der Waals surface area (Å²) in [6.07, 6.45) is 0. The molecule has 0 atom stereocenters. The summed E-state index contributed by atoms with van der Waals surface area (Å²) in [7, 11) is 0. The molecule has 0 aliphatic carbocycles. The van der Waals surface area contributed by atoms with Gasteiger partial charge in [-0.1, -0.05) is 0 Å². The topological polar surface area (TPSA) is 201 Å². The molecule has 0 aliphatic rings. The Labute approximate surface area is 139 Å². The molecule has 0 aliphatic heterocycles. The number of rotatable bonds is 0. The van der Waals surface area contributed by atoms with Crippen LogP contribution in [0.15, 0.2) is 0 Å². The molecule has 0 aromatic rings. The molecule has 0 amide bonds.